The second-order valence-electron chi connectivity index (χ2n) is 8.51. The Morgan fingerprint density at radius 1 is 1.11 bits per heavy atom. The number of amides is 3. The largest absolute Gasteiger partial charge is 0.395 e. The fourth-order valence-corrected chi connectivity index (χ4v) is 5.07. The van der Waals surface area contributed by atoms with Gasteiger partial charge in [-0.15, -0.1) is 0 Å². The summed E-state index contributed by atoms with van der Waals surface area (Å²) in [5, 5.41) is 3.12. The monoisotopic (exact) mass is 492 g/mol. The summed E-state index contributed by atoms with van der Waals surface area (Å²) in [6.45, 7) is 2.04. The average Bonchev–Trinajstić information content (AvgIpc) is 3.52. The molecule has 1 saturated carbocycles. The fourth-order valence-electron chi connectivity index (χ4n) is 4.33. The fraction of sp³-hybridized carbons (Fsp3) is 0.320. The second kappa shape index (κ2) is 10.6. The molecular weight excluding hydrogens is 464 g/mol. The first-order valence-electron chi connectivity index (χ1n) is 11.6. The van der Waals surface area contributed by atoms with Crippen LogP contribution in [0.3, 0.4) is 0 Å². The zero-order valence-electron chi connectivity index (χ0n) is 19.4. The first-order valence-corrected chi connectivity index (χ1v) is 12.4. The lowest BCUT2D eigenvalue weighted by atomic mass is 10.0. The van der Waals surface area contributed by atoms with Crippen LogP contribution in [-0.2, 0) is 11.2 Å². The number of carbonyl (C=O) groups excluding carboxylic acids is 3. The molecule has 2 aromatic heterocycles. The SMILES string of the molecule is CCc1ccc(N(C(=O)c2snc(C(N)=O)c2N)[C@@H](C(=O)NC2CCCC2)c2ccncc2)cc1. The molecular formula is C25H28N6O3S. The Hall–Kier alpha value is -3.79. The lowest BCUT2D eigenvalue weighted by molar-refractivity contribution is -0.123. The number of aromatic nitrogens is 2. The number of nitrogens with one attached hydrogen (secondary N) is 1. The number of hydrogen-bond donors (Lipinski definition) is 3. The highest BCUT2D eigenvalue weighted by molar-refractivity contribution is 7.09. The number of nitrogens with two attached hydrogens (primary N) is 2. The van der Waals surface area contributed by atoms with Crippen molar-refractivity contribution in [3.05, 3.63) is 70.5 Å². The molecule has 4 rings (SSSR count). The first kappa shape index (κ1) is 24.3. The van der Waals surface area contributed by atoms with Gasteiger partial charge in [-0.3, -0.25) is 24.3 Å². The van der Waals surface area contributed by atoms with Crippen molar-refractivity contribution in [1.82, 2.24) is 14.7 Å². The number of primary amides is 1. The maximum atomic E-state index is 14.0. The molecule has 182 valence electrons. The number of aryl methyl sites for hydroxylation is 1. The van der Waals surface area contributed by atoms with Gasteiger partial charge in [0.25, 0.3) is 11.8 Å². The average molecular weight is 493 g/mol. The van der Waals surface area contributed by atoms with Crippen LogP contribution in [0.5, 0.6) is 0 Å². The molecule has 1 aromatic carbocycles. The van der Waals surface area contributed by atoms with Gasteiger partial charge >= 0.3 is 0 Å². The predicted octanol–water partition coefficient (Wildman–Crippen LogP) is 3.23. The number of benzene rings is 1. The standard InChI is InChI=1S/C25H28N6O3S/c1-2-15-7-9-18(10-8-15)31(25(34)22-19(26)20(23(27)32)30-35-22)21(16-11-13-28-14-12-16)24(33)29-17-5-3-4-6-17/h7-14,17,21H,2-6,26H2,1H3,(H2,27,32)(H,29,33)/t21-/m1/s1. The maximum Gasteiger partial charge on any atom is 0.273 e. The van der Waals surface area contributed by atoms with Gasteiger partial charge in [0.2, 0.25) is 5.91 Å². The lowest BCUT2D eigenvalue weighted by Crippen LogP contribution is -2.46. The summed E-state index contributed by atoms with van der Waals surface area (Å²) >= 11 is 0.789. The smallest absolute Gasteiger partial charge is 0.273 e. The highest BCUT2D eigenvalue weighted by atomic mass is 32.1. The van der Waals surface area contributed by atoms with E-state index in [1.165, 1.54) is 4.90 Å². The van der Waals surface area contributed by atoms with Crippen molar-refractivity contribution in [3.8, 4) is 0 Å². The van der Waals surface area contributed by atoms with E-state index in [2.05, 4.69) is 14.7 Å². The van der Waals surface area contributed by atoms with Crippen molar-refractivity contribution in [2.45, 2.75) is 51.1 Å². The molecule has 1 atom stereocenters. The highest BCUT2D eigenvalue weighted by Crippen LogP contribution is 2.33. The van der Waals surface area contributed by atoms with Crippen molar-refractivity contribution in [3.63, 3.8) is 0 Å². The third-order valence-corrected chi connectivity index (χ3v) is 7.08. The third-order valence-electron chi connectivity index (χ3n) is 6.23. The van der Waals surface area contributed by atoms with E-state index in [1.54, 1.807) is 36.7 Å². The number of hydrogen-bond acceptors (Lipinski definition) is 7. The molecule has 0 unspecified atom stereocenters. The Morgan fingerprint density at radius 2 is 1.77 bits per heavy atom. The zero-order valence-corrected chi connectivity index (χ0v) is 20.3. The summed E-state index contributed by atoms with van der Waals surface area (Å²) in [5.74, 6) is -1.66. The van der Waals surface area contributed by atoms with Crippen LogP contribution in [0.15, 0.2) is 48.8 Å². The Kier molecular flexibility index (Phi) is 7.40. The molecule has 10 heteroatoms. The molecule has 3 amide bonds. The lowest BCUT2D eigenvalue weighted by Gasteiger charge is -2.32. The molecule has 0 saturated heterocycles. The summed E-state index contributed by atoms with van der Waals surface area (Å²) in [5.41, 5.74) is 13.4. The van der Waals surface area contributed by atoms with Crippen molar-refractivity contribution in [1.29, 1.82) is 0 Å². The number of pyridine rings is 1. The predicted molar refractivity (Wildman–Crippen MR) is 135 cm³/mol. The molecule has 1 fully saturated rings. The van der Waals surface area contributed by atoms with E-state index in [4.69, 9.17) is 11.5 Å². The highest BCUT2D eigenvalue weighted by Gasteiger charge is 2.37. The van der Waals surface area contributed by atoms with E-state index in [9.17, 15) is 14.4 Å². The first-order chi connectivity index (χ1) is 16.9. The number of carbonyl (C=O) groups is 3. The molecule has 0 radical (unpaired) electrons. The second-order valence-corrected chi connectivity index (χ2v) is 9.28. The van der Waals surface area contributed by atoms with E-state index in [0.29, 0.717) is 11.3 Å². The number of rotatable bonds is 8. The summed E-state index contributed by atoms with van der Waals surface area (Å²) < 4.78 is 3.98. The summed E-state index contributed by atoms with van der Waals surface area (Å²) in [6, 6.07) is 9.94. The van der Waals surface area contributed by atoms with Gasteiger partial charge in [0.15, 0.2) is 5.69 Å². The van der Waals surface area contributed by atoms with Gasteiger partial charge in [0.05, 0.1) is 5.69 Å². The van der Waals surface area contributed by atoms with Crippen LogP contribution in [0.1, 0.15) is 69.9 Å². The molecule has 9 nitrogen and oxygen atoms in total. The van der Waals surface area contributed by atoms with Crippen molar-refractivity contribution in [2.24, 2.45) is 5.73 Å². The van der Waals surface area contributed by atoms with Crippen molar-refractivity contribution >= 4 is 40.6 Å². The van der Waals surface area contributed by atoms with Gasteiger partial charge in [0, 0.05) is 24.1 Å². The summed E-state index contributed by atoms with van der Waals surface area (Å²) in [4.78, 5) is 45.0. The van der Waals surface area contributed by atoms with Gasteiger partial charge in [-0.1, -0.05) is 31.9 Å². The normalized spacial score (nSPS) is 14.4. The van der Waals surface area contributed by atoms with Crippen LogP contribution < -0.4 is 21.7 Å². The minimum atomic E-state index is -0.989. The summed E-state index contributed by atoms with van der Waals surface area (Å²) in [6.07, 6.45) is 7.91. The van der Waals surface area contributed by atoms with Gasteiger partial charge in [0.1, 0.15) is 10.9 Å². The van der Waals surface area contributed by atoms with Crippen LogP contribution in [0.25, 0.3) is 0 Å². The molecule has 35 heavy (non-hydrogen) atoms. The Labute approximate surface area is 207 Å². The number of nitrogen functional groups attached to an aromatic ring is 1. The molecule has 5 N–H and O–H groups in total. The minimum Gasteiger partial charge on any atom is -0.395 e. The van der Waals surface area contributed by atoms with Gasteiger partial charge in [-0.05, 0) is 66.2 Å². The molecule has 0 aliphatic heterocycles. The Balaban J connectivity index is 1.83. The van der Waals surface area contributed by atoms with Crippen LogP contribution >= 0.6 is 11.5 Å². The van der Waals surface area contributed by atoms with Crippen LogP contribution in [0, 0.1) is 0 Å². The molecule has 1 aliphatic rings. The minimum absolute atomic E-state index is 0.0473. The summed E-state index contributed by atoms with van der Waals surface area (Å²) in [7, 11) is 0. The van der Waals surface area contributed by atoms with E-state index in [0.717, 1.165) is 49.2 Å². The number of anilines is 2. The van der Waals surface area contributed by atoms with E-state index in [-0.39, 0.29) is 28.2 Å². The van der Waals surface area contributed by atoms with Gasteiger partial charge < -0.3 is 16.8 Å². The Bertz CT molecular complexity index is 1210. The molecule has 2 heterocycles. The molecule has 0 bridgehead atoms. The molecule has 0 spiro atoms. The van der Waals surface area contributed by atoms with Gasteiger partial charge in [-0.2, -0.15) is 4.37 Å². The van der Waals surface area contributed by atoms with Crippen LogP contribution in [-0.4, -0.2) is 33.1 Å². The van der Waals surface area contributed by atoms with E-state index in [1.807, 2.05) is 19.1 Å². The Morgan fingerprint density at radius 3 is 2.34 bits per heavy atom. The van der Waals surface area contributed by atoms with Crippen molar-refractivity contribution < 1.29 is 14.4 Å². The van der Waals surface area contributed by atoms with Crippen LogP contribution in [0.2, 0.25) is 0 Å². The quantitative estimate of drug-likeness (QED) is 0.440. The van der Waals surface area contributed by atoms with E-state index >= 15 is 0 Å². The molecule has 3 aromatic rings. The van der Waals surface area contributed by atoms with Crippen LogP contribution in [0.4, 0.5) is 11.4 Å². The topological polar surface area (TPSA) is 144 Å². The maximum absolute atomic E-state index is 14.0. The number of nitrogens with zero attached hydrogens (tertiary/aromatic N) is 3. The van der Waals surface area contributed by atoms with Gasteiger partial charge in [-0.25, -0.2) is 0 Å². The zero-order chi connectivity index (χ0) is 24.9. The molecule has 1 aliphatic carbocycles. The van der Waals surface area contributed by atoms with Crippen molar-refractivity contribution in [2.75, 3.05) is 10.6 Å². The third kappa shape index (κ3) is 5.17. The van der Waals surface area contributed by atoms with E-state index < -0.39 is 17.9 Å².